The predicted molar refractivity (Wildman–Crippen MR) is 85.3 cm³/mol. The smallest absolute Gasteiger partial charge is 0.373 e. The fourth-order valence-electron chi connectivity index (χ4n) is 2.29. The highest BCUT2D eigenvalue weighted by Crippen LogP contribution is 2.22. The number of methoxy groups -OCH3 is 1. The van der Waals surface area contributed by atoms with Gasteiger partial charge in [0.25, 0.3) is 5.91 Å². The van der Waals surface area contributed by atoms with Crippen molar-refractivity contribution >= 4 is 34.4 Å². The lowest BCUT2D eigenvalue weighted by Crippen LogP contribution is -2.13. The van der Waals surface area contributed by atoms with E-state index in [9.17, 15) is 9.59 Å². The molecule has 0 unspecified atom stereocenters. The zero-order chi connectivity index (χ0) is 16.6. The van der Waals surface area contributed by atoms with E-state index in [0.717, 1.165) is 0 Å². The average Bonchev–Trinajstić information content (AvgIpc) is 3.08. The van der Waals surface area contributed by atoms with Gasteiger partial charge in [-0.25, -0.2) is 4.79 Å². The first-order valence-electron chi connectivity index (χ1n) is 6.83. The first-order chi connectivity index (χ1) is 11.0. The molecule has 2 heterocycles. The Morgan fingerprint density at radius 1 is 1.26 bits per heavy atom. The summed E-state index contributed by atoms with van der Waals surface area (Å²) in [6, 6.07) is 8.11. The zero-order valence-electron chi connectivity index (χ0n) is 12.6. The largest absolute Gasteiger partial charge is 0.463 e. The Hall–Kier alpha value is -3.22. The van der Waals surface area contributed by atoms with Gasteiger partial charge >= 0.3 is 5.97 Å². The number of nitrogens with zero attached hydrogens (tertiary/aromatic N) is 1. The monoisotopic (exact) mass is 313 g/mol. The number of amides is 1. The Kier molecular flexibility index (Phi) is 3.53. The van der Waals surface area contributed by atoms with Gasteiger partial charge in [0.1, 0.15) is 11.4 Å². The zero-order valence-corrected chi connectivity index (χ0v) is 12.6. The third-order valence-corrected chi connectivity index (χ3v) is 3.43. The number of nitrogens with one attached hydrogen (secondary N) is 1. The number of hydrogen-bond acceptors (Lipinski definition) is 5. The summed E-state index contributed by atoms with van der Waals surface area (Å²) >= 11 is 0. The highest BCUT2D eigenvalue weighted by Gasteiger charge is 2.15. The van der Waals surface area contributed by atoms with Gasteiger partial charge in [-0.3, -0.25) is 4.79 Å². The van der Waals surface area contributed by atoms with Gasteiger partial charge in [0.05, 0.1) is 12.8 Å². The summed E-state index contributed by atoms with van der Waals surface area (Å²) in [6.07, 6.45) is 1.71. The maximum Gasteiger partial charge on any atom is 0.373 e. The van der Waals surface area contributed by atoms with Gasteiger partial charge in [0, 0.05) is 30.3 Å². The van der Waals surface area contributed by atoms with Gasteiger partial charge in [-0.2, -0.15) is 0 Å². The Morgan fingerprint density at radius 3 is 2.70 bits per heavy atom. The van der Waals surface area contributed by atoms with E-state index in [4.69, 9.17) is 10.2 Å². The highest BCUT2D eigenvalue weighted by atomic mass is 16.5. The predicted octanol–water partition coefficient (Wildman–Crippen LogP) is 2.39. The number of anilines is 2. The van der Waals surface area contributed by atoms with Crippen LogP contribution >= 0.6 is 0 Å². The van der Waals surface area contributed by atoms with Crippen molar-refractivity contribution in [2.45, 2.75) is 0 Å². The molecule has 0 spiro atoms. The van der Waals surface area contributed by atoms with Crippen LogP contribution in [0.2, 0.25) is 0 Å². The third-order valence-electron chi connectivity index (χ3n) is 3.43. The van der Waals surface area contributed by atoms with E-state index in [0.29, 0.717) is 28.0 Å². The Balaban J connectivity index is 1.88. The molecule has 3 aromatic rings. The fourth-order valence-corrected chi connectivity index (χ4v) is 2.29. The number of rotatable bonds is 3. The molecule has 1 amide bonds. The van der Waals surface area contributed by atoms with E-state index < -0.39 is 5.97 Å². The molecule has 0 aliphatic rings. The number of esters is 1. The molecule has 118 valence electrons. The number of carbonyl (C=O) groups is 2. The molecule has 0 radical (unpaired) electrons. The van der Waals surface area contributed by atoms with Crippen LogP contribution in [0.4, 0.5) is 11.5 Å². The molecule has 23 heavy (non-hydrogen) atoms. The lowest BCUT2D eigenvalue weighted by atomic mass is 10.1. The number of hydrogen-bond donors (Lipinski definition) is 2. The average molecular weight is 313 g/mol. The van der Waals surface area contributed by atoms with Crippen molar-refractivity contribution < 1.29 is 18.7 Å². The van der Waals surface area contributed by atoms with E-state index in [-0.39, 0.29) is 11.7 Å². The topological polar surface area (TPSA) is 99.5 Å². The number of benzene rings is 1. The molecule has 0 saturated heterocycles. The summed E-state index contributed by atoms with van der Waals surface area (Å²) < 4.78 is 11.7. The van der Waals surface area contributed by atoms with Crippen LogP contribution in [0.5, 0.6) is 0 Å². The molecular weight excluding hydrogens is 298 g/mol. The molecule has 0 bridgehead atoms. The summed E-state index contributed by atoms with van der Waals surface area (Å²) in [5.74, 6) is -0.161. The van der Waals surface area contributed by atoms with Crippen molar-refractivity contribution in [1.29, 1.82) is 0 Å². The number of furan rings is 1. The molecular formula is C16H15N3O4. The van der Waals surface area contributed by atoms with Crippen LogP contribution in [-0.2, 0) is 11.8 Å². The Labute approximate surface area is 131 Å². The maximum atomic E-state index is 12.3. The molecule has 0 aliphatic heterocycles. The van der Waals surface area contributed by atoms with E-state index in [1.807, 2.05) is 0 Å². The molecule has 7 heteroatoms. The van der Waals surface area contributed by atoms with E-state index in [1.54, 1.807) is 48.1 Å². The SMILES string of the molecule is COC(=O)c1cc2cc(C(=O)Nc3cc(N)cn3C)ccc2o1. The van der Waals surface area contributed by atoms with Crippen molar-refractivity contribution in [3.63, 3.8) is 0 Å². The molecule has 0 atom stereocenters. The van der Waals surface area contributed by atoms with Crippen molar-refractivity contribution in [2.75, 3.05) is 18.2 Å². The molecule has 2 aromatic heterocycles. The molecule has 7 nitrogen and oxygen atoms in total. The van der Waals surface area contributed by atoms with Crippen LogP contribution in [0.15, 0.2) is 40.9 Å². The lowest BCUT2D eigenvalue weighted by Gasteiger charge is -2.05. The highest BCUT2D eigenvalue weighted by molar-refractivity contribution is 6.06. The number of ether oxygens (including phenoxy) is 1. The minimum Gasteiger partial charge on any atom is -0.463 e. The number of fused-ring (bicyclic) bond motifs is 1. The van der Waals surface area contributed by atoms with Crippen molar-refractivity contribution in [3.8, 4) is 0 Å². The number of aryl methyl sites for hydroxylation is 1. The van der Waals surface area contributed by atoms with Gasteiger partial charge < -0.3 is 24.8 Å². The van der Waals surface area contributed by atoms with Gasteiger partial charge in [-0.15, -0.1) is 0 Å². The van der Waals surface area contributed by atoms with Crippen LogP contribution in [-0.4, -0.2) is 23.6 Å². The molecule has 0 saturated carbocycles. The third kappa shape index (κ3) is 2.76. The number of carbonyl (C=O) groups excluding carboxylic acids is 2. The fraction of sp³-hybridized carbons (Fsp3) is 0.125. The lowest BCUT2D eigenvalue weighted by molar-refractivity contribution is 0.0567. The minimum atomic E-state index is -0.563. The van der Waals surface area contributed by atoms with E-state index >= 15 is 0 Å². The van der Waals surface area contributed by atoms with Crippen molar-refractivity contribution in [2.24, 2.45) is 7.05 Å². The molecule has 0 aliphatic carbocycles. The summed E-state index contributed by atoms with van der Waals surface area (Å²) in [6.45, 7) is 0. The van der Waals surface area contributed by atoms with E-state index in [1.165, 1.54) is 7.11 Å². The number of nitrogen functional groups attached to an aromatic ring is 1. The Bertz CT molecular complexity index is 907. The Morgan fingerprint density at radius 2 is 2.04 bits per heavy atom. The summed E-state index contributed by atoms with van der Waals surface area (Å²) in [5.41, 5.74) is 7.19. The quantitative estimate of drug-likeness (QED) is 0.723. The molecule has 1 aromatic carbocycles. The first-order valence-corrected chi connectivity index (χ1v) is 6.83. The normalized spacial score (nSPS) is 10.7. The minimum absolute atomic E-state index is 0.0928. The molecule has 3 N–H and O–H groups in total. The van der Waals surface area contributed by atoms with Crippen LogP contribution in [0, 0.1) is 0 Å². The van der Waals surface area contributed by atoms with Crippen molar-refractivity contribution in [3.05, 3.63) is 47.9 Å². The maximum absolute atomic E-state index is 12.3. The number of aromatic nitrogens is 1. The second kappa shape index (κ2) is 5.53. The van der Waals surface area contributed by atoms with Gasteiger partial charge in [-0.1, -0.05) is 0 Å². The summed E-state index contributed by atoms with van der Waals surface area (Å²) in [5, 5.41) is 3.42. The summed E-state index contributed by atoms with van der Waals surface area (Å²) in [4.78, 5) is 23.8. The van der Waals surface area contributed by atoms with Crippen LogP contribution in [0.3, 0.4) is 0 Å². The first kappa shape index (κ1) is 14.7. The van der Waals surface area contributed by atoms with Crippen molar-refractivity contribution in [1.82, 2.24) is 4.57 Å². The van der Waals surface area contributed by atoms with Crippen LogP contribution in [0.1, 0.15) is 20.9 Å². The van der Waals surface area contributed by atoms with Gasteiger partial charge in [0.15, 0.2) is 0 Å². The van der Waals surface area contributed by atoms with E-state index in [2.05, 4.69) is 10.1 Å². The van der Waals surface area contributed by atoms with Gasteiger partial charge in [0.2, 0.25) is 5.76 Å². The van der Waals surface area contributed by atoms with Gasteiger partial charge in [-0.05, 0) is 24.3 Å². The summed E-state index contributed by atoms with van der Waals surface area (Å²) in [7, 11) is 3.06. The second-order valence-electron chi connectivity index (χ2n) is 5.08. The standard InChI is InChI=1S/C16H15N3O4/c1-19-8-11(17)7-14(19)18-15(20)9-3-4-12-10(5-9)6-13(23-12)16(21)22-2/h3-8H,17H2,1-2H3,(H,18,20). The van der Waals surface area contributed by atoms with Crippen LogP contribution in [0.25, 0.3) is 11.0 Å². The molecule has 0 fully saturated rings. The molecule has 3 rings (SSSR count). The second-order valence-corrected chi connectivity index (χ2v) is 5.08. The van der Waals surface area contributed by atoms with Crippen LogP contribution < -0.4 is 11.1 Å². The number of nitrogens with two attached hydrogens (primary N) is 1.